The first-order valence-electron chi connectivity index (χ1n) is 8.95. The maximum Gasteiger partial charge on any atom is 0.274 e. The number of hydrogen-bond acceptors (Lipinski definition) is 4. The van der Waals surface area contributed by atoms with Crippen LogP contribution in [0.15, 0.2) is 42.0 Å². The van der Waals surface area contributed by atoms with Gasteiger partial charge in [-0.3, -0.25) is 4.79 Å². The van der Waals surface area contributed by atoms with Crippen LogP contribution in [0.1, 0.15) is 48.4 Å². The first-order valence-corrected chi connectivity index (χ1v) is 8.95. The lowest BCUT2D eigenvalue weighted by Crippen LogP contribution is -2.17. The Hall–Kier alpha value is -2.76. The number of amides is 1. The quantitative estimate of drug-likeness (QED) is 0.751. The second kappa shape index (κ2) is 8.56. The Morgan fingerprint density at radius 2 is 2.08 bits per heavy atom. The molecule has 3 rings (SSSR count). The molecule has 0 atom stereocenters. The first kappa shape index (κ1) is 18.0. The van der Waals surface area contributed by atoms with Gasteiger partial charge in [0.05, 0.1) is 5.69 Å². The van der Waals surface area contributed by atoms with E-state index in [-0.39, 0.29) is 11.4 Å². The summed E-state index contributed by atoms with van der Waals surface area (Å²) in [6.07, 6.45) is 8.17. The summed E-state index contributed by atoms with van der Waals surface area (Å²) in [6.45, 7) is 2.49. The summed E-state index contributed by atoms with van der Waals surface area (Å²) in [4.78, 5) is 20.9. The van der Waals surface area contributed by atoms with Crippen LogP contribution in [-0.2, 0) is 0 Å². The third-order valence-electron chi connectivity index (χ3n) is 4.33. The molecule has 0 unspecified atom stereocenters. The van der Waals surface area contributed by atoms with Gasteiger partial charge in [0.2, 0.25) is 0 Å². The minimum Gasteiger partial charge on any atom is -0.370 e. The zero-order chi connectivity index (χ0) is 18.4. The van der Waals surface area contributed by atoms with Crippen molar-refractivity contribution in [3.8, 4) is 0 Å². The van der Waals surface area contributed by atoms with E-state index >= 15 is 0 Å². The highest BCUT2D eigenvalue weighted by Gasteiger charge is 2.13. The summed E-state index contributed by atoms with van der Waals surface area (Å²) in [5, 5.41) is 5.80. The van der Waals surface area contributed by atoms with Crippen LogP contribution in [0.5, 0.6) is 0 Å². The number of anilines is 2. The fraction of sp³-hybridized carbons (Fsp3) is 0.350. The van der Waals surface area contributed by atoms with Crippen molar-refractivity contribution in [3.05, 3.63) is 59.3 Å². The number of aromatic nitrogens is 2. The predicted octanol–water partition coefficient (Wildman–Crippen LogP) is 4.48. The number of rotatable bonds is 6. The Bertz CT molecular complexity index is 819. The molecule has 0 radical (unpaired) electrons. The molecule has 0 spiro atoms. The van der Waals surface area contributed by atoms with Crippen molar-refractivity contribution < 1.29 is 9.18 Å². The molecule has 0 saturated carbocycles. The fourth-order valence-electron chi connectivity index (χ4n) is 3.01. The summed E-state index contributed by atoms with van der Waals surface area (Å²) in [5.41, 5.74) is 1.82. The number of para-hydroxylation sites is 1. The van der Waals surface area contributed by atoms with E-state index in [9.17, 15) is 9.18 Å². The number of hydrogen-bond donors (Lipinski definition) is 2. The standard InChI is InChI=1S/C20H23FN4O/c1-14-23-18(20(26)25-17-10-6-5-9-16(17)21)13-19(24-14)22-12-11-15-7-3-2-4-8-15/h5-7,9-10,13H,2-4,8,11-12H2,1H3,(H,25,26)(H,22,23,24). The van der Waals surface area contributed by atoms with Crippen molar-refractivity contribution in [2.45, 2.75) is 39.0 Å². The van der Waals surface area contributed by atoms with E-state index in [0.717, 1.165) is 13.0 Å². The van der Waals surface area contributed by atoms with Crippen molar-refractivity contribution in [2.75, 3.05) is 17.2 Å². The summed E-state index contributed by atoms with van der Waals surface area (Å²) < 4.78 is 13.7. The van der Waals surface area contributed by atoms with Gasteiger partial charge in [0, 0.05) is 12.6 Å². The van der Waals surface area contributed by atoms with E-state index in [2.05, 4.69) is 26.7 Å². The van der Waals surface area contributed by atoms with Crippen LogP contribution in [0.2, 0.25) is 0 Å². The molecule has 1 amide bonds. The molecule has 0 bridgehead atoms. The van der Waals surface area contributed by atoms with Crippen molar-refractivity contribution in [2.24, 2.45) is 0 Å². The molecule has 1 heterocycles. The molecule has 6 heteroatoms. The van der Waals surface area contributed by atoms with Crippen LogP contribution in [0.25, 0.3) is 0 Å². The van der Waals surface area contributed by atoms with Crippen LogP contribution in [0.4, 0.5) is 15.9 Å². The summed E-state index contributed by atoms with van der Waals surface area (Å²) in [7, 11) is 0. The highest BCUT2D eigenvalue weighted by atomic mass is 19.1. The Labute approximate surface area is 152 Å². The topological polar surface area (TPSA) is 66.9 Å². The van der Waals surface area contributed by atoms with Crippen LogP contribution >= 0.6 is 0 Å². The second-order valence-electron chi connectivity index (χ2n) is 6.40. The molecular weight excluding hydrogens is 331 g/mol. The van der Waals surface area contributed by atoms with E-state index in [1.54, 1.807) is 25.1 Å². The third-order valence-corrected chi connectivity index (χ3v) is 4.33. The molecular formula is C20H23FN4O. The van der Waals surface area contributed by atoms with Gasteiger partial charge in [0.1, 0.15) is 23.2 Å². The Morgan fingerprint density at radius 1 is 1.23 bits per heavy atom. The fourth-order valence-corrected chi connectivity index (χ4v) is 3.01. The molecule has 1 aromatic carbocycles. The van der Waals surface area contributed by atoms with Gasteiger partial charge in [0.25, 0.3) is 5.91 Å². The van der Waals surface area contributed by atoms with E-state index in [1.165, 1.54) is 43.4 Å². The van der Waals surface area contributed by atoms with E-state index in [1.807, 2.05) is 0 Å². The molecule has 136 valence electrons. The number of aryl methyl sites for hydroxylation is 1. The number of benzene rings is 1. The highest BCUT2D eigenvalue weighted by Crippen LogP contribution is 2.20. The largest absolute Gasteiger partial charge is 0.370 e. The van der Waals surface area contributed by atoms with Gasteiger partial charge in [-0.05, 0) is 51.2 Å². The Balaban J connectivity index is 1.64. The van der Waals surface area contributed by atoms with Crippen LogP contribution in [0, 0.1) is 12.7 Å². The maximum atomic E-state index is 13.7. The van der Waals surface area contributed by atoms with Crippen molar-refractivity contribution in [1.82, 2.24) is 9.97 Å². The molecule has 1 aliphatic carbocycles. The Kier molecular flexibility index (Phi) is 5.94. The summed E-state index contributed by atoms with van der Waals surface area (Å²) >= 11 is 0. The molecule has 1 aliphatic rings. The molecule has 0 aliphatic heterocycles. The number of nitrogens with zero attached hydrogens (tertiary/aromatic N) is 2. The monoisotopic (exact) mass is 354 g/mol. The van der Waals surface area contributed by atoms with Crippen molar-refractivity contribution in [3.63, 3.8) is 0 Å². The number of carbonyl (C=O) groups excluding carboxylic acids is 1. The van der Waals surface area contributed by atoms with Crippen LogP contribution in [0.3, 0.4) is 0 Å². The van der Waals surface area contributed by atoms with Gasteiger partial charge < -0.3 is 10.6 Å². The normalized spacial score (nSPS) is 13.8. The smallest absolute Gasteiger partial charge is 0.274 e. The van der Waals surface area contributed by atoms with Gasteiger partial charge in [-0.1, -0.05) is 23.8 Å². The van der Waals surface area contributed by atoms with E-state index in [0.29, 0.717) is 11.6 Å². The maximum absolute atomic E-state index is 13.7. The van der Waals surface area contributed by atoms with Gasteiger partial charge in [-0.15, -0.1) is 0 Å². The van der Waals surface area contributed by atoms with Gasteiger partial charge in [-0.2, -0.15) is 0 Å². The summed E-state index contributed by atoms with van der Waals surface area (Å²) in [6, 6.07) is 7.64. The van der Waals surface area contributed by atoms with Crippen LogP contribution in [-0.4, -0.2) is 22.4 Å². The Morgan fingerprint density at radius 3 is 2.85 bits per heavy atom. The first-order chi connectivity index (χ1) is 12.6. The molecule has 26 heavy (non-hydrogen) atoms. The lowest BCUT2D eigenvalue weighted by Gasteiger charge is -2.13. The van der Waals surface area contributed by atoms with Gasteiger partial charge >= 0.3 is 0 Å². The number of nitrogens with one attached hydrogen (secondary N) is 2. The average molecular weight is 354 g/mol. The zero-order valence-corrected chi connectivity index (χ0v) is 14.9. The zero-order valence-electron chi connectivity index (χ0n) is 14.9. The molecule has 1 aromatic heterocycles. The molecule has 0 saturated heterocycles. The van der Waals surface area contributed by atoms with Crippen LogP contribution < -0.4 is 10.6 Å². The SMILES string of the molecule is Cc1nc(NCCC2=CCCCC2)cc(C(=O)Nc2ccccc2F)n1. The minimum atomic E-state index is -0.481. The summed E-state index contributed by atoms with van der Waals surface area (Å²) in [5.74, 6) is 0.155. The molecule has 2 N–H and O–H groups in total. The lowest BCUT2D eigenvalue weighted by atomic mass is 9.97. The van der Waals surface area contributed by atoms with E-state index in [4.69, 9.17) is 0 Å². The third kappa shape index (κ3) is 4.88. The average Bonchev–Trinajstić information content (AvgIpc) is 2.64. The van der Waals surface area contributed by atoms with Gasteiger partial charge in [-0.25, -0.2) is 14.4 Å². The molecule has 5 nitrogen and oxygen atoms in total. The number of halogens is 1. The van der Waals surface area contributed by atoms with Crippen molar-refractivity contribution >= 4 is 17.4 Å². The minimum absolute atomic E-state index is 0.132. The second-order valence-corrected chi connectivity index (χ2v) is 6.40. The number of allylic oxidation sites excluding steroid dienone is 1. The molecule has 0 fully saturated rings. The lowest BCUT2D eigenvalue weighted by molar-refractivity contribution is 0.102. The predicted molar refractivity (Wildman–Crippen MR) is 101 cm³/mol. The number of carbonyl (C=O) groups is 1. The van der Waals surface area contributed by atoms with Crippen molar-refractivity contribution in [1.29, 1.82) is 0 Å². The molecule has 2 aromatic rings. The van der Waals surface area contributed by atoms with Gasteiger partial charge in [0.15, 0.2) is 0 Å². The van der Waals surface area contributed by atoms with E-state index < -0.39 is 11.7 Å². The highest BCUT2D eigenvalue weighted by molar-refractivity contribution is 6.03.